The molecule has 1 rings (SSSR count). The van der Waals surface area contributed by atoms with Crippen molar-refractivity contribution in [1.29, 1.82) is 0 Å². The maximum atomic E-state index is 11.6. The molecule has 0 aromatic heterocycles. The first-order valence-electron chi connectivity index (χ1n) is 6.88. The molecule has 0 aliphatic rings. The van der Waals surface area contributed by atoms with Crippen molar-refractivity contribution in [3.8, 4) is 0 Å². The highest BCUT2D eigenvalue weighted by Crippen LogP contribution is 2.14. The Morgan fingerprint density at radius 1 is 1.32 bits per heavy atom. The summed E-state index contributed by atoms with van der Waals surface area (Å²) in [7, 11) is 0. The van der Waals surface area contributed by atoms with Crippen molar-refractivity contribution < 1.29 is 9.90 Å². The second-order valence-corrected chi connectivity index (χ2v) is 4.80. The topological polar surface area (TPSA) is 75.3 Å². The summed E-state index contributed by atoms with van der Waals surface area (Å²) in [6, 6.07) is 9.64. The number of carbonyl (C=O) groups excluding carboxylic acids is 1. The van der Waals surface area contributed by atoms with Crippen LogP contribution in [0.3, 0.4) is 0 Å². The number of aliphatic hydroxyl groups is 1. The normalized spacial score (nSPS) is 13.8. The fraction of sp³-hybridized carbons (Fsp3) is 0.533. The lowest BCUT2D eigenvalue weighted by Crippen LogP contribution is -2.32. The Morgan fingerprint density at radius 2 is 2.00 bits per heavy atom. The molecule has 2 unspecified atom stereocenters. The van der Waals surface area contributed by atoms with Crippen LogP contribution in [-0.2, 0) is 4.79 Å². The van der Waals surface area contributed by atoms with Crippen molar-refractivity contribution in [3.63, 3.8) is 0 Å². The first-order valence-corrected chi connectivity index (χ1v) is 6.88. The van der Waals surface area contributed by atoms with Gasteiger partial charge in [0.1, 0.15) is 0 Å². The van der Waals surface area contributed by atoms with Crippen LogP contribution in [0.4, 0.5) is 0 Å². The van der Waals surface area contributed by atoms with Crippen molar-refractivity contribution in [2.75, 3.05) is 6.54 Å². The van der Waals surface area contributed by atoms with Crippen LogP contribution in [0.25, 0.3) is 0 Å². The molecule has 0 bridgehead atoms. The maximum absolute atomic E-state index is 11.6. The molecule has 0 saturated carbocycles. The van der Waals surface area contributed by atoms with Crippen LogP contribution in [0, 0.1) is 0 Å². The second-order valence-electron chi connectivity index (χ2n) is 4.80. The van der Waals surface area contributed by atoms with E-state index < -0.39 is 6.10 Å². The Kier molecular flexibility index (Phi) is 7.15. The minimum atomic E-state index is -0.447. The van der Waals surface area contributed by atoms with Crippen LogP contribution >= 0.6 is 0 Å². The third-order valence-electron chi connectivity index (χ3n) is 3.07. The predicted octanol–water partition coefficient (Wildman–Crippen LogP) is 1.74. The van der Waals surface area contributed by atoms with Crippen molar-refractivity contribution in [1.82, 2.24) is 5.32 Å². The number of nitrogens with one attached hydrogen (secondary N) is 1. The molecular weight excluding hydrogens is 240 g/mol. The van der Waals surface area contributed by atoms with Gasteiger partial charge in [-0.2, -0.15) is 0 Å². The third-order valence-corrected chi connectivity index (χ3v) is 3.07. The number of amides is 1. The molecule has 0 fully saturated rings. The van der Waals surface area contributed by atoms with E-state index in [1.54, 1.807) is 0 Å². The van der Waals surface area contributed by atoms with E-state index in [0.717, 1.165) is 12.0 Å². The monoisotopic (exact) mass is 264 g/mol. The van der Waals surface area contributed by atoms with Crippen molar-refractivity contribution >= 4 is 5.91 Å². The molecule has 19 heavy (non-hydrogen) atoms. The highest BCUT2D eigenvalue weighted by molar-refractivity contribution is 5.75. The van der Waals surface area contributed by atoms with Gasteiger partial charge in [0.25, 0.3) is 0 Å². The van der Waals surface area contributed by atoms with Gasteiger partial charge in [-0.15, -0.1) is 0 Å². The molecule has 0 saturated heterocycles. The number of carbonyl (C=O) groups is 1. The van der Waals surface area contributed by atoms with Crippen LogP contribution in [-0.4, -0.2) is 23.7 Å². The van der Waals surface area contributed by atoms with E-state index in [4.69, 9.17) is 5.73 Å². The quantitative estimate of drug-likeness (QED) is 0.669. The molecule has 0 radical (unpaired) electrons. The number of nitrogens with two attached hydrogens (primary N) is 1. The molecule has 4 N–H and O–H groups in total. The van der Waals surface area contributed by atoms with Crippen molar-refractivity contribution in [2.45, 2.75) is 44.8 Å². The first-order chi connectivity index (χ1) is 9.13. The minimum Gasteiger partial charge on any atom is -0.391 e. The van der Waals surface area contributed by atoms with Crippen LogP contribution in [0.2, 0.25) is 0 Å². The average Bonchev–Trinajstić information content (AvgIpc) is 2.44. The molecule has 2 atom stereocenters. The molecule has 4 nitrogen and oxygen atoms in total. The average molecular weight is 264 g/mol. The zero-order valence-electron chi connectivity index (χ0n) is 11.5. The van der Waals surface area contributed by atoms with Crippen LogP contribution < -0.4 is 11.1 Å². The number of benzene rings is 1. The van der Waals surface area contributed by atoms with Crippen molar-refractivity contribution in [3.05, 3.63) is 35.9 Å². The standard InChI is InChI=1S/C15H24N2O2/c1-2-6-13(18)11-17-15(19)10-9-14(16)12-7-4-3-5-8-12/h3-5,7-8,13-14,18H,2,6,9-11,16H2,1H3,(H,17,19). The zero-order valence-corrected chi connectivity index (χ0v) is 11.5. The van der Waals surface area contributed by atoms with E-state index >= 15 is 0 Å². The molecule has 106 valence electrons. The summed E-state index contributed by atoms with van der Waals surface area (Å²) in [6.07, 6.45) is 2.17. The summed E-state index contributed by atoms with van der Waals surface area (Å²) in [6.45, 7) is 2.33. The Morgan fingerprint density at radius 3 is 2.63 bits per heavy atom. The molecule has 1 aromatic carbocycles. The molecule has 0 aliphatic carbocycles. The lowest BCUT2D eigenvalue weighted by molar-refractivity contribution is -0.121. The van der Waals surface area contributed by atoms with Crippen LogP contribution in [0.1, 0.15) is 44.2 Å². The number of hydrogen-bond donors (Lipinski definition) is 3. The Balaban J connectivity index is 2.23. The second kappa shape index (κ2) is 8.67. The molecule has 0 heterocycles. The van der Waals surface area contributed by atoms with Gasteiger partial charge in [-0.25, -0.2) is 0 Å². The lowest BCUT2D eigenvalue weighted by Gasteiger charge is -2.13. The number of rotatable bonds is 8. The van der Waals surface area contributed by atoms with E-state index in [-0.39, 0.29) is 11.9 Å². The third kappa shape index (κ3) is 6.36. The van der Waals surface area contributed by atoms with E-state index in [1.165, 1.54) is 0 Å². The summed E-state index contributed by atoms with van der Waals surface area (Å²) >= 11 is 0. The van der Waals surface area contributed by atoms with Gasteiger partial charge in [0.2, 0.25) is 5.91 Å². The highest BCUT2D eigenvalue weighted by Gasteiger charge is 2.10. The van der Waals surface area contributed by atoms with Crippen molar-refractivity contribution in [2.24, 2.45) is 5.73 Å². The molecule has 1 amide bonds. The highest BCUT2D eigenvalue weighted by atomic mass is 16.3. The molecule has 0 spiro atoms. The van der Waals surface area contributed by atoms with Gasteiger partial charge in [0, 0.05) is 19.0 Å². The van der Waals surface area contributed by atoms with Crippen LogP contribution in [0.15, 0.2) is 30.3 Å². The van der Waals surface area contributed by atoms with Gasteiger partial charge in [-0.3, -0.25) is 4.79 Å². The Labute approximate surface area is 115 Å². The summed E-state index contributed by atoms with van der Waals surface area (Å²) in [5, 5.41) is 12.2. The van der Waals surface area contributed by atoms with E-state index in [0.29, 0.717) is 25.8 Å². The van der Waals surface area contributed by atoms with Gasteiger partial charge < -0.3 is 16.2 Å². The summed E-state index contributed by atoms with van der Waals surface area (Å²) in [5.74, 6) is -0.0541. The fourth-order valence-electron chi connectivity index (χ4n) is 1.91. The first kappa shape index (κ1) is 15.7. The molecule has 1 aromatic rings. The Bertz CT molecular complexity index is 368. The molecular formula is C15H24N2O2. The van der Waals surface area contributed by atoms with Gasteiger partial charge in [-0.1, -0.05) is 43.7 Å². The maximum Gasteiger partial charge on any atom is 0.220 e. The number of hydrogen-bond acceptors (Lipinski definition) is 3. The fourth-order valence-corrected chi connectivity index (χ4v) is 1.91. The van der Waals surface area contributed by atoms with Gasteiger partial charge in [0.15, 0.2) is 0 Å². The van der Waals surface area contributed by atoms with Gasteiger partial charge in [-0.05, 0) is 18.4 Å². The van der Waals surface area contributed by atoms with Gasteiger partial charge >= 0.3 is 0 Å². The minimum absolute atomic E-state index is 0.0541. The smallest absolute Gasteiger partial charge is 0.220 e. The SMILES string of the molecule is CCCC(O)CNC(=O)CCC(N)c1ccccc1. The van der Waals surface area contributed by atoms with Gasteiger partial charge in [0.05, 0.1) is 6.10 Å². The molecule has 0 aliphatic heterocycles. The predicted molar refractivity (Wildman–Crippen MR) is 76.5 cm³/mol. The van der Waals surface area contributed by atoms with E-state index in [9.17, 15) is 9.90 Å². The largest absolute Gasteiger partial charge is 0.391 e. The summed E-state index contributed by atoms with van der Waals surface area (Å²) in [5.41, 5.74) is 7.06. The summed E-state index contributed by atoms with van der Waals surface area (Å²) < 4.78 is 0. The van der Waals surface area contributed by atoms with E-state index in [1.807, 2.05) is 37.3 Å². The number of aliphatic hydroxyl groups excluding tert-OH is 1. The summed E-state index contributed by atoms with van der Waals surface area (Å²) in [4.78, 5) is 11.6. The zero-order chi connectivity index (χ0) is 14.1. The lowest BCUT2D eigenvalue weighted by atomic mass is 10.0. The van der Waals surface area contributed by atoms with Crippen LogP contribution in [0.5, 0.6) is 0 Å². The van der Waals surface area contributed by atoms with E-state index in [2.05, 4.69) is 5.32 Å². The molecule has 4 heteroatoms. The Hall–Kier alpha value is -1.39.